The van der Waals surface area contributed by atoms with Crippen LogP contribution >= 0.6 is 0 Å². The second-order valence-corrected chi connectivity index (χ2v) is 10.6. The molecule has 4 nitrogen and oxygen atoms in total. The predicted octanol–water partition coefficient (Wildman–Crippen LogP) is 5.70. The van der Waals surface area contributed by atoms with Gasteiger partial charge in [0, 0.05) is 39.6 Å². The maximum atomic E-state index is 13.5. The van der Waals surface area contributed by atoms with Gasteiger partial charge in [0.05, 0.1) is 4.90 Å². The highest BCUT2D eigenvalue weighted by Crippen LogP contribution is 2.22. The topological polar surface area (TPSA) is 40.6 Å². The van der Waals surface area contributed by atoms with Crippen LogP contribution < -0.4 is 9.80 Å². The van der Waals surface area contributed by atoms with Crippen molar-refractivity contribution in [3.8, 4) is 0 Å². The average molecular weight is 461 g/mol. The molecule has 1 unspecified atom stereocenters. The first-order valence-electron chi connectivity index (χ1n) is 10.9. The maximum absolute atomic E-state index is 13.5. The van der Waals surface area contributed by atoms with E-state index in [0.717, 1.165) is 28.1 Å². The van der Waals surface area contributed by atoms with Crippen LogP contribution in [0.15, 0.2) is 89.8 Å². The molecule has 3 rings (SSSR count). The van der Waals surface area contributed by atoms with Crippen molar-refractivity contribution in [3.05, 3.63) is 102 Å². The second kappa shape index (κ2) is 10.5. The maximum Gasteiger partial charge on any atom is 0.188 e. The fourth-order valence-electron chi connectivity index (χ4n) is 3.34. The quantitative estimate of drug-likeness (QED) is 0.433. The molecule has 3 aromatic rings. The van der Waals surface area contributed by atoms with Crippen LogP contribution in [-0.4, -0.2) is 41.9 Å². The molecule has 0 aliphatic heterocycles. The first kappa shape index (κ1) is 24.3. The van der Waals surface area contributed by atoms with Crippen LogP contribution in [0.1, 0.15) is 16.7 Å². The molecule has 172 valence electrons. The van der Waals surface area contributed by atoms with E-state index in [-0.39, 0.29) is 0 Å². The molecular formula is C28H32N2O2S. The van der Waals surface area contributed by atoms with E-state index < -0.39 is 15.1 Å². The summed E-state index contributed by atoms with van der Waals surface area (Å²) in [5.41, 5.74) is 5.12. The Morgan fingerprint density at radius 2 is 1.03 bits per heavy atom. The van der Waals surface area contributed by atoms with Crippen LogP contribution in [0.5, 0.6) is 0 Å². The summed E-state index contributed by atoms with van der Waals surface area (Å²) in [5, 5.41) is -0.790. The molecule has 0 aromatic heterocycles. The number of benzene rings is 3. The molecule has 0 heterocycles. The van der Waals surface area contributed by atoms with Crippen LogP contribution in [0.25, 0.3) is 12.2 Å². The molecule has 5 heteroatoms. The molecule has 0 saturated heterocycles. The zero-order valence-electron chi connectivity index (χ0n) is 19.9. The number of nitrogens with zero attached hydrogens (tertiary/aromatic N) is 2. The first-order chi connectivity index (χ1) is 15.7. The van der Waals surface area contributed by atoms with Crippen molar-refractivity contribution in [1.29, 1.82) is 0 Å². The van der Waals surface area contributed by atoms with E-state index in [2.05, 4.69) is 0 Å². The summed E-state index contributed by atoms with van der Waals surface area (Å²) in [6.45, 7) is 1.95. The van der Waals surface area contributed by atoms with E-state index in [1.54, 1.807) is 24.3 Å². The minimum atomic E-state index is -3.59. The summed E-state index contributed by atoms with van der Waals surface area (Å²) in [6, 6.07) is 23.1. The van der Waals surface area contributed by atoms with Crippen molar-refractivity contribution >= 4 is 33.4 Å². The van der Waals surface area contributed by atoms with Gasteiger partial charge < -0.3 is 9.80 Å². The van der Waals surface area contributed by atoms with Gasteiger partial charge in [-0.05, 0) is 54.4 Å². The summed E-state index contributed by atoms with van der Waals surface area (Å²) >= 11 is 0. The number of anilines is 2. The molecule has 1 atom stereocenters. The van der Waals surface area contributed by atoms with Crippen molar-refractivity contribution in [3.63, 3.8) is 0 Å². The molecule has 0 spiro atoms. The molecule has 0 amide bonds. The van der Waals surface area contributed by atoms with E-state index in [1.165, 1.54) is 0 Å². The number of hydrogen-bond acceptors (Lipinski definition) is 4. The molecule has 0 N–H and O–H groups in total. The van der Waals surface area contributed by atoms with Crippen molar-refractivity contribution in [2.75, 3.05) is 38.0 Å². The Bertz CT molecular complexity index is 1140. The minimum absolute atomic E-state index is 0.318. The fourth-order valence-corrected chi connectivity index (χ4v) is 4.74. The van der Waals surface area contributed by atoms with Crippen molar-refractivity contribution in [2.45, 2.75) is 17.1 Å². The van der Waals surface area contributed by atoms with Gasteiger partial charge in [0.2, 0.25) is 0 Å². The Balaban J connectivity index is 1.93. The van der Waals surface area contributed by atoms with E-state index >= 15 is 0 Å². The van der Waals surface area contributed by atoms with Gasteiger partial charge in [0.25, 0.3) is 0 Å². The summed E-state index contributed by atoms with van der Waals surface area (Å²) in [6.07, 6.45) is 7.25. The summed E-state index contributed by atoms with van der Waals surface area (Å²) in [5.74, 6) is 0. The van der Waals surface area contributed by atoms with E-state index in [1.807, 2.05) is 118 Å². The zero-order valence-corrected chi connectivity index (χ0v) is 20.8. The predicted molar refractivity (Wildman–Crippen MR) is 142 cm³/mol. The third-order valence-electron chi connectivity index (χ3n) is 5.48. The van der Waals surface area contributed by atoms with Gasteiger partial charge in [-0.25, -0.2) is 8.42 Å². The largest absolute Gasteiger partial charge is 0.378 e. The van der Waals surface area contributed by atoms with Crippen LogP contribution in [-0.2, 0) is 9.84 Å². The molecular weight excluding hydrogens is 428 g/mol. The Hall–Kier alpha value is -3.31. The monoisotopic (exact) mass is 460 g/mol. The molecule has 0 aliphatic rings. The van der Waals surface area contributed by atoms with E-state index in [4.69, 9.17) is 0 Å². The van der Waals surface area contributed by atoms with Gasteiger partial charge in [0.1, 0.15) is 5.25 Å². The Morgan fingerprint density at radius 1 is 0.636 bits per heavy atom. The lowest BCUT2D eigenvalue weighted by molar-refractivity contribution is 0.594. The molecule has 0 bridgehead atoms. The number of sulfone groups is 1. The smallest absolute Gasteiger partial charge is 0.188 e. The van der Waals surface area contributed by atoms with Crippen LogP contribution in [0.2, 0.25) is 0 Å². The molecule has 0 aliphatic carbocycles. The highest BCUT2D eigenvalue weighted by Gasteiger charge is 2.23. The zero-order chi connectivity index (χ0) is 24.0. The van der Waals surface area contributed by atoms with E-state index in [0.29, 0.717) is 4.90 Å². The second-order valence-electron chi connectivity index (χ2n) is 8.51. The van der Waals surface area contributed by atoms with Gasteiger partial charge >= 0.3 is 0 Å². The van der Waals surface area contributed by atoms with Crippen molar-refractivity contribution in [1.82, 2.24) is 0 Å². The van der Waals surface area contributed by atoms with Gasteiger partial charge in [-0.15, -0.1) is 0 Å². The lowest BCUT2D eigenvalue weighted by atomic mass is 10.1. The van der Waals surface area contributed by atoms with Crippen molar-refractivity contribution < 1.29 is 8.42 Å². The normalized spacial score (nSPS) is 12.9. The van der Waals surface area contributed by atoms with Gasteiger partial charge in [-0.3, -0.25) is 0 Å². The number of aryl methyl sites for hydroxylation is 1. The summed E-state index contributed by atoms with van der Waals surface area (Å²) in [4.78, 5) is 4.38. The van der Waals surface area contributed by atoms with Crippen LogP contribution in [0, 0.1) is 6.92 Å². The average Bonchev–Trinajstić information content (AvgIpc) is 2.79. The highest BCUT2D eigenvalue weighted by atomic mass is 32.2. The Labute approximate surface area is 198 Å². The van der Waals surface area contributed by atoms with Gasteiger partial charge in [-0.1, -0.05) is 66.3 Å². The molecule has 3 aromatic carbocycles. The lowest BCUT2D eigenvalue weighted by Crippen LogP contribution is -2.17. The van der Waals surface area contributed by atoms with Crippen LogP contribution in [0.4, 0.5) is 11.4 Å². The third kappa shape index (κ3) is 6.36. The minimum Gasteiger partial charge on any atom is -0.378 e. The fraction of sp³-hybridized carbons (Fsp3) is 0.214. The molecule has 0 saturated carbocycles. The number of rotatable bonds is 8. The van der Waals surface area contributed by atoms with Crippen LogP contribution in [0.3, 0.4) is 0 Å². The SMILES string of the molecule is Cc1ccc(S(=O)(=O)C(/C=C\c2ccc(N(C)C)cc2)/C=C/c2ccc(N(C)C)cc2)cc1. The highest BCUT2D eigenvalue weighted by molar-refractivity contribution is 7.92. The molecule has 0 radical (unpaired) electrons. The number of hydrogen-bond donors (Lipinski definition) is 0. The Morgan fingerprint density at radius 3 is 1.39 bits per heavy atom. The third-order valence-corrected chi connectivity index (χ3v) is 7.44. The molecule has 0 fully saturated rings. The first-order valence-corrected chi connectivity index (χ1v) is 12.4. The molecule has 33 heavy (non-hydrogen) atoms. The Kier molecular flexibility index (Phi) is 7.77. The summed E-state index contributed by atoms with van der Waals surface area (Å²) in [7, 11) is 4.37. The van der Waals surface area contributed by atoms with Gasteiger partial charge in [-0.2, -0.15) is 0 Å². The van der Waals surface area contributed by atoms with Gasteiger partial charge in [0.15, 0.2) is 9.84 Å². The van der Waals surface area contributed by atoms with Crippen molar-refractivity contribution in [2.24, 2.45) is 0 Å². The van der Waals surface area contributed by atoms with E-state index in [9.17, 15) is 8.42 Å². The standard InChI is InChI=1S/C28H32N2O2S/c1-22-6-18-27(19-7-22)33(31,32)28(20-12-23-8-14-25(15-9-23)29(2)3)21-13-24-10-16-26(17-11-24)30(4)5/h6-21,28H,1-5H3/b20-12-,21-13+. The summed E-state index contributed by atoms with van der Waals surface area (Å²) < 4.78 is 26.9. The lowest BCUT2D eigenvalue weighted by Gasteiger charge is -2.13.